The highest BCUT2D eigenvalue weighted by Crippen LogP contribution is 2.36. The van der Waals surface area contributed by atoms with Gasteiger partial charge in [-0.1, -0.05) is 0 Å². The van der Waals surface area contributed by atoms with Crippen LogP contribution in [-0.2, 0) is 24.8 Å². The highest BCUT2D eigenvalue weighted by Gasteiger charge is 2.53. The van der Waals surface area contributed by atoms with Gasteiger partial charge in [0.2, 0.25) is 5.91 Å². The van der Waals surface area contributed by atoms with Gasteiger partial charge in [-0.25, -0.2) is 9.36 Å². The largest absolute Gasteiger partial charge is 0.506 e. The predicted octanol–water partition coefficient (Wildman–Crippen LogP) is -2.70. The molecule has 0 aromatic carbocycles. The molecule has 1 aromatic heterocycles. The van der Waals surface area contributed by atoms with E-state index in [4.69, 9.17) is 26.7 Å². The molecule has 1 amide bonds. The van der Waals surface area contributed by atoms with Gasteiger partial charge >= 0.3 is 17.4 Å². The van der Waals surface area contributed by atoms with Crippen LogP contribution in [0.1, 0.15) is 12.8 Å². The maximum Gasteiger partial charge on any atom is 0.353 e. The minimum Gasteiger partial charge on any atom is -0.506 e. The van der Waals surface area contributed by atoms with Gasteiger partial charge in [0.25, 0.3) is 0 Å². The summed E-state index contributed by atoms with van der Waals surface area (Å²) in [5, 5.41) is 29.8. The normalized spacial score (nSPS) is 22.2. The van der Waals surface area contributed by atoms with Crippen molar-refractivity contribution in [3.05, 3.63) is 34.3 Å². The molecule has 0 saturated carbocycles. The summed E-state index contributed by atoms with van der Waals surface area (Å²) in [6.07, 6.45) is -1.11. The molecule has 1 aliphatic rings. The third-order valence-electron chi connectivity index (χ3n) is 3.89. The number of primary amides is 1. The number of nitriles is 1. The molecule has 0 bridgehead atoms. The van der Waals surface area contributed by atoms with Gasteiger partial charge in [-0.2, -0.15) is 10.2 Å². The number of anilines is 1. The standard InChI is InChI=1S/C15H18N6O7/c16-6-15(21-4-3-9(18)20-14(21)26)12(24)11(23)8(28-15)5-27-13(25)7(17)1-2-10(19)22/h3-4,7,12,23-24H,1-2,5,17H2,(H2,19,22)(H2,18,20,26)/t7-,12?,15-/m1/s1. The van der Waals surface area contributed by atoms with E-state index in [1.54, 1.807) is 6.07 Å². The lowest BCUT2D eigenvalue weighted by atomic mass is 10.1. The fraction of sp³-hybridized carbons (Fsp3) is 0.400. The topological polar surface area (TPSA) is 230 Å². The number of nitrogen functional groups attached to an aromatic ring is 1. The number of esters is 1. The molecule has 1 unspecified atom stereocenters. The fourth-order valence-electron chi connectivity index (χ4n) is 2.38. The van der Waals surface area contributed by atoms with Crippen molar-refractivity contribution in [3.63, 3.8) is 0 Å². The molecular formula is C15H18N6O7. The Morgan fingerprint density at radius 3 is 2.79 bits per heavy atom. The lowest BCUT2D eigenvalue weighted by Gasteiger charge is -2.26. The van der Waals surface area contributed by atoms with Crippen LogP contribution in [0.2, 0.25) is 0 Å². The number of carbonyl (C=O) groups is 2. The number of carbonyl (C=O) groups excluding carboxylic acids is 2. The van der Waals surface area contributed by atoms with E-state index in [1.165, 1.54) is 6.07 Å². The van der Waals surface area contributed by atoms with E-state index >= 15 is 0 Å². The van der Waals surface area contributed by atoms with E-state index < -0.39 is 53.6 Å². The summed E-state index contributed by atoms with van der Waals surface area (Å²) in [6, 6.07) is 1.62. The van der Waals surface area contributed by atoms with Gasteiger partial charge in [-0.15, -0.1) is 0 Å². The number of aromatic nitrogens is 2. The molecule has 1 aliphatic heterocycles. The number of hydrogen-bond acceptors (Lipinski definition) is 11. The van der Waals surface area contributed by atoms with Crippen LogP contribution in [0.5, 0.6) is 0 Å². The molecule has 2 rings (SSSR count). The van der Waals surface area contributed by atoms with Crippen LogP contribution in [0.3, 0.4) is 0 Å². The third kappa shape index (κ3) is 3.87. The van der Waals surface area contributed by atoms with Crippen LogP contribution in [0.4, 0.5) is 5.82 Å². The van der Waals surface area contributed by atoms with Crippen molar-refractivity contribution in [2.24, 2.45) is 11.5 Å². The molecule has 8 N–H and O–H groups in total. The molecule has 1 aromatic rings. The average molecular weight is 394 g/mol. The number of nitrogens with two attached hydrogens (primary N) is 3. The minimum atomic E-state index is -2.38. The Bertz CT molecular complexity index is 920. The first-order chi connectivity index (χ1) is 13.1. The number of rotatable bonds is 7. The lowest BCUT2D eigenvalue weighted by molar-refractivity contribution is -0.146. The van der Waals surface area contributed by atoms with Gasteiger partial charge in [0.15, 0.2) is 24.2 Å². The van der Waals surface area contributed by atoms with Crippen LogP contribution in [0.25, 0.3) is 0 Å². The van der Waals surface area contributed by atoms with Crippen LogP contribution in [-0.4, -0.2) is 50.4 Å². The van der Waals surface area contributed by atoms with Gasteiger partial charge in [0.1, 0.15) is 17.9 Å². The van der Waals surface area contributed by atoms with Crippen molar-refractivity contribution in [1.82, 2.24) is 9.55 Å². The van der Waals surface area contributed by atoms with Crippen molar-refractivity contribution in [1.29, 1.82) is 5.26 Å². The molecule has 0 aliphatic carbocycles. The monoisotopic (exact) mass is 394 g/mol. The van der Waals surface area contributed by atoms with E-state index in [0.717, 1.165) is 6.20 Å². The van der Waals surface area contributed by atoms with Gasteiger partial charge in [-0.3, -0.25) is 9.59 Å². The number of nitrogens with zero attached hydrogens (tertiary/aromatic N) is 3. The highest BCUT2D eigenvalue weighted by molar-refractivity contribution is 5.78. The average Bonchev–Trinajstić information content (AvgIpc) is 2.89. The number of aliphatic hydroxyl groups excluding tert-OH is 2. The second kappa shape index (κ2) is 7.94. The third-order valence-corrected chi connectivity index (χ3v) is 3.89. The molecule has 2 heterocycles. The summed E-state index contributed by atoms with van der Waals surface area (Å²) in [5.41, 5.74) is 12.5. The van der Waals surface area contributed by atoms with Crippen LogP contribution in [0, 0.1) is 11.3 Å². The van der Waals surface area contributed by atoms with E-state index in [0.29, 0.717) is 4.57 Å². The minimum absolute atomic E-state index is 0.0582. The molecule has 28 heavy (non-hydrogen) atoms. The summed E-state index contributed by atoms with van der Waals surface area (Å²) in [4.78, 5) is 38.0. The van der Waals surface area contributed by atoms with Crippen molar-refractivity contribution in [3.8, 4) is 6.07 Å². The first-order valence-electron chi connectivity index (χ1n) is 7.89. The Hall–Kier alpha value is -3.63. The van der Waals surface area contributed by atoms with Gasteiger partial charge in [0, 0.05) is 12.6 Å². The number of amides is 1. The maximum absolute atomic E-state index is 12.0. The summed E-state index contributed by atoms with van der Waals surface area (Å²) in [7, 11) is 0. The number of hydrogen-bond donors (Lipinski definition) is 5. The highest BCUT2D eigenvalue weighted by atomic mass is 16.6. The van der Waals surface area contributed by atoms with Gasteiger partial charge in [0.05, 0.1) is 0 Å². The van der Waals surface area contributed by atoms with Crippen LogP contribution < -0.4 is 22.9 Å². The molecular weight excluding hydrogens is 376 g/mol. The second-order valence-corrected chi connectivity index (χ2v) is 5.85. The number of aliphatic hydroxyl groups is 2. The van der Waals surface area contributed by atoms with E-state index in [-0.39, 0.29) is 18.7 Å². The SMILES string of the molecule is N#C[C@@]1(n2ccc(N)nc2=O)OC(COC(=O)[C@H](N)CCC(N)=O)=C(O)C1O. The van der Waals surface area contributed by atoms with Crippen molar-refractivity contribution >= 4 is 17.7 Å². The van der Waals surface area contributed by atoms with Crippen molar-refractivity contribution in [2.45, 2.75) is 30.7 Å². The van der Waals surface area contributed by atoms with E-state index in [9.17, 15) is 29.9 Å². The van der Waals surface area contributed by atoms with Crippen molar-refractivity contribution < 1.29 is 29.3 Å². The van der Waals surface area contributed by atoms with Crippen molar-refractivity contribution in [2.75, 3.05) is 12.3 Å². The fourth-order valence-corrected chi connectivity index (χ4v) is 2.38. The van der Waals surface area contributed by atoms with E-state index in [2.05, 4.69) is 4.98 Å². The Balaban J connectivity index is 2.16. The zero-order valence-electron chi connectivity index (χ0n) is 14.4. The van der Waals surface area contributed by atoms with Crippen LogP contribution >= 0.6 is 0 Å². The summed E-state index contributed by atoms with van der Waals surface area (Å²) >= 11 is 0. The smallest absolute Gasteiger partial charge is 0.353 e. The predicted molar refractivity (Wildman–Crippen MR) is 90.6 cm³/mol. The Labute approximate surface area is 157 Å². The van der Waals surface area contributed by atoms with Crippen LogP contribution in [0.15, 0.2) is 28.6 Å². The molecule has 3 atom stereocenters. The number of ether oxygens (including phenoxy) is 2. The molecule has 150 valence electrons. The molecule has 13 heteroatoms. The first kappa shape index (κ1) is 20.7. The van der Waals surface area contributed by atoms with E-state index in [1.807, 2.05) is 0 Å². The Kier molecular flexibility index (Phi) is 5.87. The van der Waals surface area contributed by atoms with Gasteiger partial charge in [-0.05, 0) is 12.5 Å². The Morgan fingerprint density at radius 2 is 2.21 bits per heavy atom. The molecule has 13 nitrogen and oxygen atoms in total. The summed E-state index contributed by atoms with van der Waals surface area (Å²) in [5.74, 6) is -2.98. The first-order valence-corrected chi connectivity index (χ1v) is 7.89. The van der Waals surface area contributed by atoms with Gasteiger partial charge < -0.3 is 36.9 Å². The molecule has 0 fully saturated rings. The zero-order valence-corrected chi connectivity index (χ0v) is 14.4. The maximum atomic E-state index is 12.0. The quantitative estimate of drug-likeness (QED) is 0.298. The second-order valence-electron chi connectivity index (χ2n) is 5.85. The summed E-state index contributed by atoms with van der Waals surface area (Å²) in [6.45, 7) is -0.688. The molecule has 0 radical (unpaired) electrons. The summed E-state index contributed by atoms with van der Waals surface area (Å²) < 4.78 is 10.8. The molecule has 0 spiro atoms. The zero-order chi connectivity index (χ0) is 21.1. The Morgan fingerprint density at radius 1 is 1.54 bits per heavy atom. The lowest BCUT2D eigenvalue weighted by Crippen LogP contribution is -2.48. The molecule has 0 saturated heterocycles.